The molecule has 3 heterocycles. The van der Waals surface area contributed by atoms with E-state index in [9.17, 15) is 18.0 Å². The molecule has 1 unspecified atom stereocenters. The zero-order valence-corrected chi connectivity index (χ0v) is 18.8. The lowest BCUT2D eigenvalue weighted by molar-refractivity contribution is -0.137. The van der Waals surface area contributed by atoms with Gasteiger partial charge in [-0.25, -0.2) is 9.78 Å². The van der Waals surface area contributed by atoms with Gasteiger partial charge < -0.3 is 24.9 Å². The summed E-state index contributed by atoms with van der Waals surface area (Å²) in [5, 5.41) is 2.94. The molecule has 0 aliphatic carbocycles. The average molecular weight is 463 g/mol. The first-order valence-electron chi connectivity index (χ1n) is 11.1. The highest BCUT2D eigenvalue weighted by Gasteiger charge is 2.31. The Morgan fingerprint density at radius 1 is 1.00 bits per heavy atom. The van der Waals surface area contributed by atoms with Gasteiger partial charge in [0.05, 0.1) is 5.56 Å². The molecular formula is C23H29F3N6O. The summed E-state index contributed by atoms with van der Waals surface area (Å²) in [6.07, 6.45) is -2.41. The van der Waals surface area contributed by atoms with Crippen molar-refractivity contribution in [3.63, 3.8) is 0 Å². The molecule has 2 amide bonds. The number of benzene rings is 1. The van der Waals surface area contributed by atoms with Crippen LogP contribution in [0.1, 0.15) is 12.0 Å². The third kappa shape index (κ3) is 5.50. The van der Waals surface area contributed by atoms with Crippen LogP contribution in [0.3, 0.4) is 0 Å². The molecule has 1 aromatic heterocycles. The highest BCUT2D eigenvalue weighted by atomic mass is 19.4. The van der Waals surface area contributed by atoms with Crippen LogP contribution in [-0.2, 0) is 6.18 Å². The summed E-state index contributed by atoms with van der Waals surface area (Å²) >= 11 is 0. The van der Waals surface area contributed by atoms with E-state index in [4.69, 9.17) is 0 Å². The first-order chi connectivity index (χ1) is 15.7. The van der Waals surface area contributed by atoms with Crippen LogP contribution in [-0.4, -0.2) is 80.2 Å². The van der Waals surface area contributed by atoms with E-state index in [1.54, 1.807) is 4.90 Å². The molecule has 1 aromatic carbocycles. The molecule has 0 spiro atoms. The highest BCUT2D eigenvalue weighted by Crippen LogP contribution is 2.29. The minimum atomic E-state index is -4.40. The van der Waals surface area contributed by atoms with Gasteiger partial charge in [-0.05, 0) is 56.9 Å². The average Bonchev–Trinajstić information content (AvgIpc) is 3.30. The number of amides is 2. The largest absolute Gasteiger partial charge is 0.417 e. The molecule has 0 saturated carbocycles. The van der Waals surface area contributed by atoms with Gasteiger partial charge in [-0.3, -0.25) is 0 Å². The van der Waals surface area contributed by atoms with Crippen molar-refractivity contribution in [1.82, 2.24) is 14.8 Å². The number of urea groups is 1. The van der Waals surface area contributed by atoms with E-state index in [-0.39, 0.29) is 6.03 Å². The van der Waals surface area contributed by atoms with Crippen molar-refractivity contribution in [3.05, 3.63) is 48.2 Å². The standard InChI is InChI=1S/C23H29F3N6O/c1-29(2)20-9-10-32(16-20)19-6-4-18(5-7-19)28-22(33)31-13-11-30(12-14-31)21-8-3-17(15-27-21)23(24,25)26/h3-8,15,20H,9-14,16H2,1-2H3,(H,28,33). The van der Waals surface area contributed by atoms with Crippen LogP contribution in [0.2, 0.25) is 0 Å². The van der Waals surface area contributed by atoms with E-state index in [1.165, 1.54) is 6.07 Å². The Hall–Kier alpha value is -3.01. The molecule has 10 heteroatoms. The molecule has 7 nitrogen and oxygen atoms in total. The number of pyridine rings is 1. The van der Waals surface area contributed by atoms with Gasteiger partial charge in [0.15, 0.2) is 0 Å². The Balaban J connectivity index is 1.27. The first kappa shape index (κ1) is 23.2. The Morgan fingerprint density at radius 3 is 2.24 bits per heavy atom. The van der Waals surface area contributed by atoms with Crippen molar-refractivity contribution in [2.75, 3.05) is 68.5 Å². The van der Waals surface area contributed by atoms with Crippen LogP contribution in [0.15, 0.2) is 42.6 Å². The molecule has 33 heavy (non-hydrogen) atoms. The minimum absolute atomic E-state index is 0.184. The van der Waals surface area contributed by atoms with Crippen molar-refractivity contribution in [1.29, 1.82) is 0 Å². The molecule has 178 valence electrons. The molecule has 0 radical (unpaired) electrons. The predicted molar refractivity (Wildman–Crippen MR) is 123 cm³/mol. The van der Waals surface area contributed by atoms with E-state index < -0.39 is 11.7 Å². The molecule has 1 atom stereocenters. The van der Waals surface area contributed by atoms with Crippen LogP contribution < -0.4 is 15.1 Å². The topological polar surface area (TPSA) is 55.0 Å². The number of anilines is 3. The summed E-state index contributed by atoms with van der Waals surface area (Å²) < 4.78 is 38.2. The number of likely N-dealkylation sites (N-methyl/N-ethyl adjacent to an activating group) is 1. The summed E-state index contributed by atoms with van der Waals surface area (Å²) in [6.45, 7) is 3.96. The van der Waals surface area contributed by atoms with Crippen LogP contribution in [0.5, 0.6) is 0 Å². The number of nitrogens with zero attached hydrogens (tertiary/aromatic N) is 5. The molecule has 4 rings (SSSR count). The van der Waals surface area contributed by atoms with Crippen LogP contribution in [0.25, 0.3) is 0 Å². The summed E-state index contributed by atoms with van der Waals surface area (Å²) in [5.41, 5.74) is 1.12. The van der Waals surface area contributed by atoms with Crippen molar-refractivity contribution in [2.24, 2.45) is 0 Å². The molecule has 2 aromatic rings. The zero-order chi connectivity index (χ0) is 23.6. The fourth-order valence-corrected chi connectivity index (χ4v) is 4.24. The normalized spacial score (nSPS) is 19.3. The fraction of sp³-hybridized carbons (Fsp3) is 0.478. The van der Waals surface area contributed by atoms with Gasteiger partial charge in [0, 0.05) is 62.9 Å². The van der Waals surface area contributed by atoms with Crippen molar-refractivity contribution in [2.45, 2.75) is 18.6 Å². The lowest BCUT2D eigenvalue weighted by atomic mass is 10.2. The van der Waals surface area contributed by atoms with Crippen molar-refractivity contribution >= 4 is 23.2 Å². The number of piperazine rings is 1. The van der Waals surface area contributed by atoms with Crippen LogP contribution >= 0.6 is 0 Å². The van der Waals surface area contributed by atoms with Gasteiger partial charge in [0.1, 0.15) is 5.82 Å². The maximum Gasteiger partial charge on any atom is 0.417 e. The molecule has 1 N–H and O–H groups in total. The molecular weight excluding hydrogens is 433 g/mol. The summed E-state index contributed by atoms with van der Waals surface area (Å²) in [5.74, 6) is 0.483. The number of aromatic nitrogens is 1. The monoisotopic (exact) mass is 462 g/mol. The fourth-order valence-electron chi connectivity index (χ4n) is 4.24. The lowest BCUT2D eigenvalue weighted by Gasteiger charge is -2.35. The number of carbonyl (C=O) groups excluding carboxylic acids is 1. The molecule has 2 aliphatic heterocycles. The zero-order valence-electron chi connectivity index (χ0n) is 18.8. The second kappa shape index (κ2) is 9.46. The smallest absolute Gasteiger partial charge is 0.370 e. The maximum absolute atomic E-state index is 12.7. The molecule has 0 bridgehead atoms. The van der Waals surface area contributed by atoms with E-state index in [1.807, 2.05) is 29.2 Å². The van der Waals surface area contributed by atoms with E-state index >= 15 is 0 Å². The summed E-state index contributed by atoms with van der Waals surface area (Å²) in [4.78, 5) is 24.8. The number of hydrogen-bond acceptors (Lipinski definition) is 5. The minimum Gasteiger partial charge on any atom is -0.370 e. The second-order valence-electron chi connectivity index (χ2n) is 8.71. The van der Waals surface area contributed by atoms with E-state index in [2.05, 4.69) is 34.2 Å². The quantitative estimate of drug-likeness (QED) is 0.753. The summed E-state index contributed by atoms with van der Waals surface area (Å²) in [6, 6.07) is 10.7. The number of halogens is 3. The molecule has 2 saturated heterocycles. The number of rotatable bonds is 4. The van der Waals surface area contributed by atoms with Crippen molar-refractivity contribution in [3.8, 4) is 0 Å². The van der Waals surface area contributed by atoms with Gasteiger partial charge in [0.2, 0.25) is 0 Å². The van der Waals surface area contributed by atoms with Crippen molar-refractivity contribution < 1.29 is 18.0 Å². The summed E-state index contributed by atoms with van der Waals surface area (Å²) in [7, 11) is 4.21. The van der Waals surface area contributed by atoms with Gasteiger partial charge >= 0.3 is 12.2 Å². The third-order valence-electron chi connectivity index (χ3n) is 6.34. The maximum atomic E-state index is 12.7. The molecule has 2 aliphatic rings. The Morgan fingerprint density at radius 2 is 1.70 bits per heavy atom. The Kier molecular flexibility index (Phi) is 6.64. The van der Waals surface area contributed by atoms with Crippen LogP contribution in [0.4, 0.5) is 35.2 Å². The number of carbonyl (C=O) groups is 1. The number of nitrogens with one attached hydrogen (secondary N) is 1. The highest BCUT2D eigenvalue weighted by molar-refractivity contribution is 5.89. The van der Waals surface area contributed by atoms with E-state index in [0.717, 1.165) is 43.1 Å². The van der Waals surface area contributed by atoms with Gasteiger partial charge in [-0.15, -0.1) is 0 Å². The lowest BCUT2D eigenvalue weighted by Crippen LogP contribution is -2.50. The molecule has 2 fully saturated rings. The van der Waals surface area contributed by atoms with Gasteiger partial charge in [-0.2, -0.15) is 13.2 Å². The SMILES string of the molecule is CN(C)C1CCN(c2ccc(NC(=O)N3CCN(c4ccc(C(F)(F)F)cn4)CC3)cc2)C1. The van der Waals surface area contributed by atoms with E-state index in [0.29, 0.717) is 38.0 Å². The number of hydrogen-bond donors (Lipinski definition) is 1. The van der Waals surface area contributed by atoms with Gasteiger partial charge in [-0.1, -0.05) is 0 Å². The Bertz CT molecular complexity index is 940. The number of alkyl halides is 3. The second-order valence-corrected chi connectivity index (χ2v) is 8.71. The Labute approximate surface area is 191 Å². The first-order valence-corrected chi connectivity index (χ1v) is 11.1. The third-order valence-corrected chi connectivity index (χ3v) is 6.34. The van der Waals surface area contributed by atoms with Crippen LogP contribution in [0, 0.1) is 0 Å². The predicted octanol–water partition coefficient (Wildman–Crippen LogP) is 3.59. The van der Waals surface area contributed by atoms with Gasteiger partial charge in [0.25, 0.3) is 0 Å².